The molecule has 0 radical (unpaired) electrons. The molecule has 94 valence electrons. The van der Waals surface area contributed by atoms with Gasteiger partial charge in [-0.25, -0.2) is 0 Å². The summed E-state index contributed by atoms with van der Waals surface area (Å²) in [5.74, 6) is 0. The van der Waals surface area contributed by atoms with Crippen LogP contribution in [0.25, 0.3) is 0 Å². The van der Waals surface area contributed by atoms with E-state index in [1.807, 2.05) is 31.2 Å². The normalized spacial score (nSPS) is 8.75. The van der Waals surface area contributed by atoms with Crippen LogP contribution in [0.1, 0.15) is 50.7 Å². The number of aryl methyl sites for hydroxylation is 1. The molecule has 1 aromatic carbocycles. The predicted molar refractivity (Wildman–Crippen MR) is 70.5 cm³/mol. The van der Waals surface area contributed by atoms with Crippen molar-refractivity contribution in [2.24, 2.45) is 0 Å². The maximum Gasteiger partial charge on any atom is 0.0684 e. The van der Waals surface area contributed by atoms with Crippen LogP contribution < -0.4 is 0 Å². The molecule has 0 unspecified atom stereocenters. The van der Waals surface area contributed by atoms with E-state index in [2.05, 4.69) is 13.8 Å². The summed E-state index contributed by atoms with van der Waals surface area (Å²) >= 11 is 0. The molecule has 0 heterocycles. The summed E-state index contributed by atoms with van der Waals surface area (Å²) in [7, 11) is 0. The Morgan fingerprint density at radius 2 is 1.50 bits per heavy atom. The fourth-order valence-corrected chi connectivity index (χ4v) is 1.29. The molecule has 2 nitrogen and oxygen atoms in total. The molecule has 0 aliphatic rings. The van der Waals surface area contributed by atoms with Crippen LogP contribution in [0.3, 0.4) is 0 Å². The molecule has 0 fully saturated rings. The van der Waals surface area contributed by atoms with Crippen molar-refractivity contribution in [1.82, 2.24) is 0 Å². The van der Waals surface area contributed by atoms with Crippen LogP contribution in [0.4, 0.5) is 0 Å². The minimum Gasteiger partial charge on any atom is -0.412 e. The van der Waals surface area contributed by atoms with Crippen molar-refractivity contribution in [1.29, 1.82) is 0 Å². The number of benzene rings is 1. The van der Waals surface area contributed by atoms with Crippen LogP contribution in [0, 0.1) is 6.92 Å². The Balaban J connectivity index is 0. The van der Waals surface area contributed by atoms with Crippen molar-refractivity contribution in [3.05, 3.63) is 35.4 Å². The second kappa shape index (κ2) is 12.2. The van der Waals surface area contributed by atoms with E-state index >= 15 is 0 Å². The van der Waals surface area contributed by atoms with Crippen molar-refractivity contribution in [3.8, 4) is 0 Å². The highest BCUT2D eigenvalue weighted by Gasteiger charge is 1.90. The second-order valence-corrected chi connectivity index (χ2v) is 3.79. The fraction of sp³-hybridized carbons (Fsp3) is 0.571. The van der Waals surface area contributed by atoms with Gasteiger partial charge in [-0.15, -0.1) is 0 Å². The van der Waals surface area contributed by atoms with E-state index in [9.17, 15) is 0 Å². The lowest BCUT2D eigenvalue weighted by atomic mass is 10.1. The van der Waals surface area contributed by atoms with Crippen LogP contribution in [0.5, 0.6) is 0 Å². The quantitative estimate of drug-likeness (QED) is 0.787. The van der Waals surface area contributed by atoms with Crippen LogP contribution in [-0.2, 0) is 6.61 Å². The Labute approximate surface area is 99.6 Å². The summed E-state index contributed by atoms with van der Waals surface area (Å²) in [5, 5.41) is 8.72. The molecule has 0 saturated carbocycles. The maximum absolute atomic E-state index is 8.72. The predicted octanol–water partition coefficient (Wildman–Crippen LogP) is 3.25. The van der Waals surface area contributed by atoms with Gasteiger partial charge in [0, 0.05) is 0 Å². The first-order valence-electron chi connectivity index (χ1n) is 5.91. The number of rotatable bonds is 4. The molecule has 16 heavy (non-hydrogen) atoms. The summed E-state index contributed by atoms with van der Waals surface area (Å²) in [6, 6.07) is 7.81. The van der Waals surface area contributed by atoms with Gasteiger partial charge in [-0.1, -0.05) is 63.8 Å². The average Bonchev–Trinajstić information content (AvgIpc) is 2.28. The number of hydrogen-bond donors (Lipinski definition) is 1. The topological polar surface area (TPSA) is 51.7 Å². The Morgan fingerprint density at radius 1 is 1.00 bits per heavy atom. The molecule has 0 aliphatic heterocycles. The van der Waals surface area contributed by atoms with E-state index in [1.165, 1.54) is 25.7 Å². The Bertz CT molecular complexity index is 242. The van der Waals surface area contributed by atoms with Gasteiger partial charge in [-0.2, -0.15) is 0 Å². The van der Waals surface area contributed by atoms with Crippen molar-refractivity contribution >= 4 is 0 Å². The van der Waals surface area contributed by atoms with Gasteiger partial charge in [0.15, 0.2) is 0 Å². The summed E-state index contributed by atoms with van der Waals surface area (Å²) in [4.78, 5) is 0. The Kier molecular flexibility index (Phi) is 13.4. The largest absolute Gasteiger partial charge is 0.412 e. The molecule has 2 heteroatoms. The lowest BCUT2D eigenvalue weighted by molar-refractivity contribution is 0.281. The van der Waals surface area contributed by atoms with Gasteiger partial charge in [0.2, 0.25) is 0 Å². The van der Waals surface area contributed by atoms with Gasteiger partial charge in [-0.3, -0.25) is 0 Å². The Morgan fingerprint density at radius 3 is 1.81 bits per heavy atom. The van der Waals surface area contributed by atoms with Gasteiger partial charge in [0.25, 0.3) is 0 Å². The lowest BCUT2D eigenvalue weighted by Crippen LogP contribution is -1.85. The highest BCUT2D eigenvalue weighted by atomic mass is 16.3. The minimum atomic E-state index is 0. The maximum atomic E-state index is 8.72. The van der Waals surface area contributed by atoms with Crippen molar-refractivity contribution in [2.75, 3.05) is 0 Å². The van der Waals surface area contributed by atoms with Crippen molar-refractivity contribution < 1.29 is 10.6 Å². The van der Waals surface area contributed by atoms with Crippen LogP contribution >= 0.6 is 0 Å². The molecular weight excluding hydrogens is 200 g/mol. The highest BCUT2D eigenvalue weighted by molar-refractivity contribution is 5.24. The third kappa shape index (κ3) is 8.45. The van der Waals surface area contributed by atoms with E-state index in [4.69, 9.17) is 5.11 Å². The second-order valence-electron chi connectivity index (χ2n) is 3.79. The molecule has 0 spiro atoms. The molecule has 0 aliphatic carbocycles. The van der Waals surface area contributed by atoms with Gasteiger partial charge in [0.1, 0.15) is 0 Å². The van der Waals surface area contributed by atoms with E-state index < -0.39 is 0 Å². The standard InChI is InChI=1S/C8H10O.C6H14.H2O/c1-7-4-2-3-5-8(7)6-9;1-3-5-6-4-2;/h2-5,9H,6H2,1H3;3-6H2,1-2H3;1H2. The zero-order valence-electron chi connectivity index (χ0n) is 10.8. The SMILES string of the molecule is CCCCCC.Cc1ccccc1CO.O. The number of aliphatic hydroxyl groups is 1. The molecule has 0 amide bonds. The summed E-state index contributed by atoms with van der Waals surface area (Å²) in [5.41, 5.74) is 2.16. The number of unbranched alkanes of at least 4 members (excludes halogenated alkanes) is 3. The summed E-state index contributed by atoms with van der Waals surface area (Å²) < 4.78 is 0. The van der Waals surface area contributed by atoms with Gasteiger partial charge in [-0.05, 0) is 18.1 Å². The Hall–Kier alpha value is -0.860. The molecule has 0 atom stereocenters. The van der Waals surface area contributed by atoms with E-state index in [1.54, 1.807) is 0 Å². The van der Waals surface area contributed by atoms with Crippen LogP contribution in [0.15, 0.2) is 24.3 Å². The van der Waals surface area contributed by atoms with Crippen molar-refractivity contribution in [2.45, 2.75) is 53.1 Å². The van der Waals surface area contributed by atoms with Crippen LogP contribution in [0.2, 0.25) is 0 Å². The van der Waals surface area contributed by atoms with E-state index in [-0.39, 0.29) is 12.1 Å². The summed E-state index contributed by atoms with van der Waals surface area (Å²) in [6.07, 6.45) is 5.54. The third-order valence-electron chi connectivity index (χ3n) is 2.39. The van der Waals surface area contributed by atoms with Crippen molar-refractivity contribution in [3.63, 3.8) is 0 Å². The molecular formula is C14H26O2. The number of hydrogen-bond acceptors (Lipinski definition) is 1. The first-order chi connectivity index (χ1) is 7.26. The zero-order valence-corrected chi connectivity index (χ0v) is 10.8. The summed E-state index contributed by atoms with van der Waals surface area (Å²) in [6.45, 7) is 6.60. The first kappa shape index (κ1) is 17.5. The molecule has 0 saturated heterocycles. The molecule has 0 bridgehead atoms. The van der Waals surface area contributed by atoms with Gasteiger partial charge in [0.05, 0.1) is 6.61 Å². The zero-order chi connectivity index (χ0) is 11.5. The van der Waals surface area contributed by atoms with Gasteiger partial charge >= 0.3 is 0 Å². The lowest BCUT2D eigenvalue weighted by Gasteiger charge is -1.97. The third-order valence-corrected chi connectivity index (χ3v) is 2.39. The molecule has 1 aromatic rings. The minimum absolute atomic E-state index is 0. The number of aliphatic hydroxyl groups excluding tert-OH is 1. The monoisotopic (exact) mass is 226 g/mol. The van der Waals surface area contributed by atoms with E-state index in [0.29, 0.717) is 0 Å². The highest BCUT2D eigenvalue weighted by Crippen LogP contribution is 2.05. The van der Waals surface area contributed by atoms with Crippen LogP contribution in [-0.4, -0.2) is 10.6 Å². The molecule has 0 aromatic heterocycles. The van der Waals surface area contributed by atoms with Gasteiger partial charge < -0.3 is 10.6 Å². The molecule has 3 N–H and O–H groups in total. The van der Waals surface area contributed by atoms with E-state index in [0.717, 1.165) is 11.1 Å². The first-order valence-corrected chi connectivity index (χ1v) is 5.91. The molecule has 1 rings (SSSR count). The smallest absolute Gasteiger partial charge is 0.0684 e. The fourth-order valence-electron chi connectivity index (χ4n) is 1.29. The average molecular weight is 226 g/mol.